The third-order valence-electron chi connectivity index (χ3n) is 8.75. The second-order valence-corrected chi connectivity index (χ2v) is 11.5. The number of benzene rings is 1. The lowest BCUT2D eigenvalue weighted by molar-refractivity contribution is -0.130. The van der Waals surface area contributed by atoms with E-state index >= 15 is 0 Å². The van der Waals surface area contributed by atoms with Gasteiger partial charge in [-0.25, -0.2) is 8.78 Å². The molecule has 2 amide bonds. The van der Waals surface area contributed by atoms with Gasteiger partial charge in [-0.3, -0.25) is 14.6 Å². The van der Waals surface area contributed by atoms with E-state index in [0.29, 0.717) is 11.8 Å². The van der Waals surface area contributed by atoms with Gasteiger partial charge < -0.3 is 15.1 Å². The van der Waals surface area contributed by atoms with Crippen LogP contribution in [0.1, 0.15) is 65.3 Å². The fourth-order valence-corrected chi connectivity index (χ4v) is 6.53. The first-order chi connectivity index (χ1) is 18.2. The van der Waals surface area contributed by atoms with Crippen molar-refractivity contribution < 1.29 is 18.4 Å². The SMILES string of the molecule is Cc1ccnc(C)c1C(=O)N1CC2CN(CCC(NC(=O)C3CCC(F)(F)CC3)c3ccccc3)C[C@H]2C1. The zero-order chi connectivity index (χ0) is 26.9. The summed E-state index contributed by atoms with van der Waals surface area (Å²) in [7, 11) is 0. The fourth-order valence-electron chi connectivity index (χ4n) is 6.53. The summed E-state index contributed by atoms with van der Waals surface area (Å²) < 4.78 is 27.2. The number of hydrogen-bond donors (Lipinski definition) is 1. The lowest BCUT2D eigenvalue weighted by Gasteiger charge is -2.30. The van der Waals surface area contributed by atoms with E-state index in [2.05, 4.69) is 15.2 Å². The van der Waals surface area contributed by atoms with Crippen LogP contribution in [0.5, 0.6) is 0 Å². The van der Waals surface area contributed by atoms with Crippen LogP contribution in [0, 0.1) is 31.6 Å². The summed E-state index contributed by atoms with van der Waals surface area (Å²) in [5, 5.41) is 3.19. The highest BCUT2D eigenvalue weighted by Crippen LogP contribution is 2.37. The molecule has 1 aliphatic carbocycles. The first-order valence-corrected chi connectivity index (χ1v) is 13.9. The average Bonchev–Trinajstić information content (AvgIpc) is 3.46. The van der Waals surface area contributed by atoms with Crippen molar-refractivity contribution in [3.63, 3.8) is 0 Å². The number of nitrogens with zero attached hydrogens (tertiary/aromatic N) is 3. The Morgan fingerprint density at radius 3 is 2.32 bits per heavy atom. The summed E-state index contributed by atoms with van der Waals surface area (Å²) >= 11 is 0. The summed E-state index contributed by atoms with van der Waals surface area (Å²) in [6.07, 6.45) is 2.56. The number of pyridine rings is 1. The van der Waals surface area contributed by atoms with Crippen LogP contribution >= 0.6 is 0 Å². The van der Waals surface area contributed by atoms with E-state index in [1.54, 1.807) is 6.20 Å². The molecule has 0 bridgehead atoms. The maximum absolute atomic E-state index is 13.6. The van der Waals surface area contributed by atoms with Gasteiger partial charge in [0.2, 0.25) is 11.8 Å². The van der Waals surface area contributed by atoms with Crippen molar-refractivity contribution in [1.29, 1.82) is 0 Å². The van der Waals surface area contributed by atoms with Gasteiger partial charge in [0.1, 0.15) is 0 Å². The number of halogens is 2. The third-order valence-corrected chi connectivity index (χ3v) is 8.75. The topological polar surface area (TPSA) is 65.5 Å². The molecule has 6 nitrogen and oxygen atoms in total. The number of hydrogen-bond acceptors (Lipinski definition) is 4. The van der Waals surface area contributed by atoms with Crippen molar-refractivity contribution >= 4 is 11.8 Å². The van der Waals surface area contributed by atoms with Crippen LogP contribution in [0.25, 0.3) is 0 Å². The van der Waals surface area contributed by atoms with E-state index in [1.165, 1.54) is 0 Å². The van der Waals surface area contributed by atoms with Crippen molar-refractivity contribution in [2.75, 3.05) is 32.7 Å². The molecule has 2 saturated heterocycles. The van der Waals surface area contributed by atoms with E-state index in [-0.39, 0.29) is 49.5 Å². The molecule has 38 heavy (non-hydrogen) atoms. The third kappa shape index (κ3) is 5.90. The molecule has 1 aromatic carbocycles. The van der Waals surface area contributed by atoms with E-state index in [9.17, 15) is 18.4 Å². The van der Waals surface area contributed by atoms with Crippen LogP contribution < -0.4 is 5.32 Å². The van der Waals surface area contributed by atoms with Crippen molar-refractivity contribution in [2.24, 2.45) is 17.8 Å². The smallest absolute Gasteiger partial charge is 0.255 e. The minimum atomic E-state index is -2.64. The molecule has 8 heteroatoms. The molecule has 2 aromatic rings. The highest BCUT2D eigenvalue weighted by atomic mass is 19.3. The standard InChI is InChI=1S/C30H38F2N4O2/c1-20-10-14-33-21(2)27(20)29(38)36-18-24-16-35(17-25(24)19-36)15-11-26(22-6-4-3-5-7-22)34-28(37)23-8-12-30(31,32)13-9-23/h3-7,10,14,23-26H,8-9,11-13,15-19H2,1-2H3,(H,34,37)/t24-,25?,26?/m0/s1. The molecule has 2 aliphatic heterocycles. The van der Waals surface area contributed by atoms with Crippen LogP contribution in [0.2, 0.25) is 0 Å². The van der Waals surface area contributed by atoms with E-state index in [4.69, 9.17) is 0 Å². The van der Waals surface area contributed by atoms with Gasteiger partial charge in [-0.2, -0.15) is 0 Å². The molecule has 1 N–H and O–H groups in total. The van der Waals surface area contributed by atoms with Crippen LogP contribution in [-0.4, -0.2) is 65.2 Å². The number of alkyl halides is 2. The predicted molar refractivity (Wildman–Crippen MR) is 142 cm³/mol. The zero-order valence-electron chi connectivity index (χ0n) is 22.3. The minimum Gasteiger partial charge on any atom is -0.349 e. The molecular weight excluding hydrogens is 486 g/mol. The average molecular weight is 525 g/mol. The van der Waals surface area contributed by atoms with Crippen LogP contribution in [0.4, 0.5) is 8.78 Å². The van der Waals surface area contributed by atoms with Crippen LogP contribution in [0.15, 0.2) is 42.6 Å². The minimum absolute atomic E-state index is 0.0846. The molecular formula is C30H38F2N4O2. The molecule has 0 radical (unpaired) electrons. The Bertz CT molecular complexity index is 1110. The molecule has 1 aromatic heterocycles. The van der Waals surface area contributed by atoms with Gasteiger partial charge in [0.05, 0.1) is 17.3 Å². The number of aryl methyl sites for hydroxylation is 2. The second-order valence-electron chi connectivity index (χ2n) is 11.5. The fraction of sp³-hybridized carbons (Fsp3) is 0.567. The van der Waals surface area contributed by atoms with Gasteiger partial charge in [-0.1, -0.05) is 30.3 Å². The molecule has 3 heterocycles. The molecule has 3 fully saturated rings. The summed E-state index contributed by atoms with van der Waals surface area (Å²) in [5.41, 5.74) is 3.52. The summed E-state index contributed by atoms with van der Waals surface area (Å²) in [6.45, 7) is 8.10. The number of carbonyl (C=O) groups excluding carboxylic acids is 2. The van der Waals surface area contributed by atoms with Crippen molar-refractivity contribution in [1.82, 2.24) is 20.1 Å². The largest absolute Gasteiger partial charge is 0.349 e. The zero-order valence-corrected chi connectivity index (χ0v) is 22.3. The Morgan fingerprint density at radius 2 is 1.68 bits per heavy atom. The first-order valence-electron chi connectivity index (χ1n) is 13.9. The molecule has 204 valence electrons. The Labute approximate surface area is 223 Å². The Balaban J connectivity index is 1.16. The van der Waals surface area contributed by atoms with E-state index in [0.717, 1.165) is 61.5 Å². The summed E-state index contributed by atoms with van der Waals surface area (Å²) in [5.74, 6) is -2.11. The lowest BCUT2D eigenvalue weighted by Crippen LogP contribution is -2.39. The second kappa shape index (κ2) is 11.1. The maximum Gasteiger partial charge on any atom is 0.255 e. The first kappa shape index (κ1) is 26.7. The summed E-state index contributed by atoms with van der Waals surface area (Å²) in [6, 6.07) is 11.7. The molecule has 3 atom stereocenters. The highest BCUT2D eigenvalue weighted by molar-refractivity contribution is 5.96. The van der Waals surface area contributed by atoms with Gasteiger partial charge in [-0.05, 0) is 62.1 Å². The number of carbonyl (C=O) groups is 2. The number of nitrogens with one attached hydrogen (secondary N) is 1. The van der Waals surface area contributed by atoms with Crippen LogP contribution in [-0.2, 0) is 4.79 Å². The Hall–Kier alpha value is -2.87. The summed E-state index contributed by atoms with van der Waals surface area (Å²) in [4.78, 5) is 35.0. The Morgan fingerprint density at radius 1 is 1.03 bits per heavy atom. The van der Waals surface area contributed by atoms with Gasteiger partial charge in [0, 0.05) is 57.7 Å². The maximum atomic E-state index is 13.6. The van der Waals surface area contributed by atoms with Crippen molar-refractivity contribution in [3.05, 3.63) is 65.0 Å². The quantitative estimate of drug-likeness (QED) is 0.567. The monoisotopic (exact) mass is 524 g/mol. The number of rotatable bonds is 7. The molecule has 1 saturated carbocycles. The molecule has 2 unspecified atom stereocenters. The molecule has 5 rings (SSSR count). The van der Waals surface area contributed by atoms with Crippen molar-refractivity contribution in [3.8, 4) is 0 Å². The van der Waals surface area contributed by atoms with Gasteiger partial charge >= 0.3 is 0 Å². The Kier molecular flexibility index (Phi) is 7.80. The van der Waals surface area contributed by atoms with Gasteiger partial charge in [0.15, 0.2) is 0 Å². The van der Waals surface area contributed by atoms with E-state index < -0.39 is 5.92 Å². The number of likely N-dealkylation sites (tertiary alicyclic amines) is 2. The number of fused-ring (bicyclic) bond motifs is 1. The number of amides is 2. The van der Waals surface area contributed by atoms with Gasteiger partial charge in [-0.15, -0.1) is 0 Å². The lowest BCUT2D eigenvalue weighted by atomic mass is 9.86. The van der Waals surface area contributed by atoms with Crippen molar-refractivity contribution in [2.45, 2.75) is 57.9 Å². The molecule has 0 spiro atoms. The van der Waals surface area contributed by atoms with Gasteiger partial charge in [0.25, 0.3) is 5.91 Å². The molecule has 3 aliphatic rings. The highest BCUT2D eigenvalue weighted by Gasteiger charge is 2.42. The van der Waals surface area contributed by atoms with Crippen LogP contribution in [0.3, 0.4) is 0 Å². The normalized spacial score (nSPS) is 24.3. The van der Waals surface area contributed by atoms with E-state index in [1.807, 2.05) is 55.1 Å². The predicted octanol–water partition coefficient (Wildman–Crippen LogP) is 4.78. The number of aromatic nitrogens is 1.